The molecule has 5 aromatic rings. The molecule has 0 fully saturated rings. The van der Waals surface area contributed by atoms with E-state index in [4.69, 9.17) is 0 Å². The highest BCUT2D eigenvalue weighted by atomic mass is 32.1. The van der Waals surface area contributed by atoms with Crippen molar-refractivity contribution in [3.63, 3.8) is 0 Å². The van der Waals surface area contributed by atoms with E-state index in [1.165, 1.54) is 40.4 Å². The lowest BCUT2D eigenvalue weighted by Gasteiger charge is -2.05. The molecule has 0 radical (unpaired) electrons. The van der Waals surface area contributed by atoms with E-state index >= 15 is 0 Å². The van der Waals surface area contributed by atoms with Crippen molar-refractivity contribution in [2.24, 2.45) is 0 Å². The third-order valence-electron chi connectivity index (χ3n) is 4.90. The van der Waals surface area contributed by atoms with Crippen LogP contribution in [0, 0.1) is 12.7 Å². The number of thiazole rings is 1. The molecule has 3 heterocycles. The second-order valence-electron chi connectivity index (χ2n) is 7.02. The van der Waals surface area contributed by atoms with Crippen LogP contribution in [0.2, 0.25) is 0 Å². The van der Waals surface area contributed by atoms with Crippen molar-refractivity contribution >= 4 is 32.9 Å². The van der Waals surface area contributed by atoms with Crippen LogP contribution in [0.3, 0.4) is 0 Å². The number of thiophene rings is 1. The maximum atomic E-state index is 13.2. The maximum Gasteiger partial charge on any atom is 0.263 e. The van der Waals surface area contributed by atoms with Crippen LogP contribution in [0.25, 0.3) is 31.9 Å². The van der Waals surface area contributed by atoms with Crippen LogP contribution in [0.5, 0.6) is 0 Å². The first-order valence-electron chi connectivity index (χ1n) is 9.32. The molecular formula is C23H16FN3OS2. The van der Waals surface area contributed by atoms with Gasteiger partial charge in [-0.3, -0.25) is 9.36 Å². The quantitative estimate of drug-likeness (QED) is 0.363. The highest BCUT2D eigenvalue weighted by Crippen LogP contribution is 2.31. The van der Waals surface area contributed by atoms with Gasteiger partial charge in [0.05, 0.1) is 24.0 Å². The molecule has 0 aliphatic heterocycles. The molecule has 2 aromatic carbocycles. The lowest BCUT2D eigenvalue weighted by atomic mass is 10.1. The zero-order valence-corrected chi connectivity index (χ0v) is 17.6. The molecule has 0 aliphatic carbocycles. The van der Waals surface area contributed by atoms with Crippen molar-refractivity contribution in [2.75, 3.05) is 0 Å². The van der Waals surface area contributed by atoms with Crippen LogP contribution in [-0.4, -0.2) is 14.5 Å². The Morgan fingerprint density at radius 2 is 1.70 bits per heavy atom. The molecule has 0 bridgehead atoms. The summed E-state index contributed by atoms with van der Waals surface area (Å²) in [5.74, 6) is -0.276. The van der Waals surface area contributed by atoms with Crippen LogP contribution in [-0.2, 0) is 6.54 Å². The molecule has 0 unspecified atom stereocenters. The largest absolute Gasteiger partial charge is 0.293 e. The number of aryl methyl sites for hydroxylation is 1. The van der Waals surface area contributed by atoms with Gasteiger partial charge in [0.1, 0.15) is 15.7 Å². The van der Waals surface area contributed by atoms with Crippen molar-refractivity contribution < 1.29 is 4.39 Å². The summed E-state index contributed by atoms with van der Waals surface area (Å²) in [5.41, 5.74) is 4.65. The monoisotopic (exact) mass is 433 g/mol. The highest BCUT2D eigenvalue weighted by Gasteiger charge is 2.14. The smallest absolute Gasteiger partial charge is 0.263 e. The lowest BCUT2D eigenvalue weighted by Crippen LogP contribution is -2.21. The first-order chi connectivity index (χ1) is 14.6. The normalized spacial score (nSPS) is 11.3. The van der Waals surface area contributed by atoms with Gasteiger partial charge in [0, 0.05) is 21.9 Å². The van der Waals surface area contributed by atoms with Gasteiger partial charge in [-0.2, -0.15) is 0 Å². The first kappa shape index (κ1) is 18.8. The molecule has 0 aliphatic rings. The molecule has 7 heteroatoms. The minimum Gasteiger partial charge on any atom is -0.293 e. The van der Waals surface area contributed by atoms with Gasteiger partial charge in [-0.1, -0.05) is 29.8 Å². The fourth-order valence-electron chi connectivity index (χ4n) is 3.30. The van der Waals surface area contributed by atoms with Crippen molar-refractivity contribution in [3.8, 4) is 21.7 Å². The fraction of sp³-hybridized carbons (Fsp3) is 0.0870. The Balaban J connectivity index is 1.50. The zero-order valence-electron chi connectivity index (χ0n) is 16.0. The molecule has 148 valence electrons. The zero-order chi connectivity index (χ0) is 20.7. The van der Waals surface area contributed by atoms with Gasteiger partial charge in [-0.25, -0.2) is 14.4 Å². The summed E-state index contributed by atoms with van der Waals surface area (Å²) >= 11 is 2.95. The number of hydrogen-bond acceptors (Lipinski definition) is 5. The minimum atomic E-state index is -0.276. The van der Waals surface area contributed by atoms with Gasteiger partial charge >= 0.3 is 0 Å². The molecule has 0 saturated carbocycles. The average Bonchev–Trinajstić information content (AvgIpc) is 3.39. The fourth-order valence-corrected chi connectivity index (χ4v) is 5.03. The standard InChI is InChI=1S/C23H16FN3OS2/c1-14-2-4-15(5-3-14)19-12-30-22-20(19)23(28)27(13-25-22)10-18-11-29-21(26-18)16-6-8-17(24)9-7-16/h2-9,11-13H,10H2,1H3. The SMILES string of the molecule is Cc1ccc(-c2csc3ncn(Cc4csc(-c5ccc(F)cc5)n4)c(=O)c23)cc1. The Hall–Kier alpha value is -3.16. The number of benzene rings is 2. The molecule has 3 aromatic heterocycles. The molecular weight excluding hydrogens is 417 g/mol. The van der Waals surface area contributed by atoms with Crippen molar-refractivity contribution in [2.45, 2.75) is 13.5 Å². The summed E-state index contributed by atoms with van der Waals surface area (Å²) in [6.07, 6.45) is 1.58. The van der Waals surface area contributed by atoms with E-state index in [2.05, 4.69) is 9.97 Å². The maximum absolute atomic E-state index is 13.2. The van der Waals surface area contributed by atoms with Gasteiger partial charge in [0.15, 0.2) is 0 Å². The number of aromatic nitrogens is 3. The second-order valence-corrected chi connectivity index (χ2v) is 8.74. The van der Waals surface area contributed by atoms with Crippen molar-refractivity contribution in [1.29, 1.82) is 0 Å². The number of nitrogens with zero attached hydrogens (tertiary/aromatic N) is 3. The number of fused-ring (bicyclic) bond motifs is 1. The molecule has 0 atom stereocenters. The van der Waals surface area contributed by atoms with Crippen molar-refractivity contribution in [1.82, 2.24) is 14.5 Å². The van der Waals surface area contributed by atoms with Crippen LogP contribution in [0.15, 0.2) is 70.4 Å². The van der Waals surface area contributed by atoms with Crippen molar-refractivity contribution in [3.05, 3.63) is 93.0 Å². The molecule has 0 amide bonds. The minimum absolute atomic E-state index is 0.0758. The van der Waals surface area contributed by atoms with Gasteiger partial charge in [-0.15, -0.1) is 22.7 Å². The number of halogens is 1. The van der Waals surface area contributed by atoms with E-state index < -0.39 is 0 Å². The first-order valence-corrected chi connectivity index (χ1v) is 11.1. The lowest BCUT2D eigenvalue weighted by molar-refractivity contribution is 0.628. The van der Waals surface area contributed by atoms with E-state index in [0.29, 0.717) is 11.9 Å². The summed E-state index contributed by atoms with van der Waals surface area (Å²) < 4.78 is 14.7. The molecule has 0 N–H and O–H groups in total. The van der Waals surface area contributed by atoms with E-state index in [1.807, 2.05) is 41.9 Å². The van der Waals surface area contributed by atoms with Crippen LogP contribution >= 0.6 is 22.7 Å². The van der Waals surface area contributed by atoms with Gasteiger partial charge in [-0.05, 0) is 36.8 Å². The third kappa shape index (κ3) is 3.46. The van der Waals surface area contributed by atoms with Crippen LogP contribution < -0.4 is 5.56 Å². The Kier molecular flexibility index (Phi) is 4.77. The Morgan fingerprint density at radius 3 is 2.47 bits per heavy atom. The second kappa shape index (κ2) is 7.59. The third-order valence-corrected chi connectivity index (χ3v) is 6.73. The molecule has 30 heavy (non-hydrogen) atoms. The molecule has 0 saturated heterocycles. The Labute approximate surface area is 179 Å². The van der Waals surface area contributed by atoms with Gasteiger partial charge < -0.3 is 0 Å². The highest BCUT2D eigenvalue weighted by molar-refractivity contribution is 7.17. The Morgan fingerprint density at radius 1 is 0.967 bits per heavy atom. The predicted molar refractivity (Wildman–Crippen MR) is 121 cm³/mol. The average molecular weight is 434 g/mol. The van der Waals surface area contributed by atoms with Gasteiger partial charge in [0.25, 0.3) is 5.56 Å². The van der Waals surface area contributed by atoms with Gasteiger partial charge in [0.2, 0.25) is 0 Å². The molecule has 0 spiro atoms. The summed E-state index contributed by atoms with van der Waals surface area (Å²) in [6.45, 7) is 2.38. The summed E-state index contributed by atoms with van der Waals surface area (Å²) in [7, 11) is 0. The van der Waals surface area contributed by atoms with E-state index in [0.717, 1.165) is 32.2 Å². The predicted octanol–water partition coefficient (Wildman–Crippen LogP) is 5.74. The Bertz CT molecular complexity index is 1400. The number of hydrogen-bond donors (Lipinski definition) is 0. The molecule has 4 nitrogen and oxygen atoms in total. The summed E-state index contributed by atoms with van der Waals surface area (Å²) in [4.78, 5) is 23.1. The summed E-state index contributed by atoms with van der Waals surface area (Å²) in [5, 5.41) is 5.34. The van der Waals surface area contributed by atoms with Crippen LogP contribution in [0.1, 0.15) is 11.3 Å². The topological polar surface area (TPSA) is 47.8 Å². The van der Waals surface area contributed by atoms with E-state index in [-0.39, 0.29) is 11.4 Å². The number of rotatable bonds is 4. The van der Waals surface area contributed by atoms with E-state index in [1.54, 1.807) is 23.0 Å². The van der Waals surface area contributed by atoms with Crippen LogP contribution in [0.4, 0.5) is 4.39 Å². The molecule has 5 rings (SSSR count). The van der Waals surface area contributed by atoms with E-state index in [9.17, 15) is 9.18 Å². The summed E-state index contributed by atoms with van der Waals surface area (Å²) in [6, 6.07) is 14.4.